The topological polar surface area (TPSA) is 65.0 Å². The standard InChI is InChI=1S/C24H41N3O.C2HF3O2/c1-2-3-4-5-14-27-17-12-23(13-18-27)25-21-22-8-10-24(11-9-22)28-20-19-26-15-6-7-16-26;3-2(4,5)1(6)7/h8-11,23,25H,2-7,12-21H2,1H3;(H,6,7). The van der Waals surface area contributed by atoms with Crippen molar-refractivity contribution in [2.75, 3.05) is 45.9 Å². The Morgan fingerprint density at radius 1 is 1.00 bits per heavy atom. The van der Waals surface area contributed by atoms with E-state index in [4.69, 9.17) is 14.6 Å². The van der Waals surface area contributed by atoms with Gasteiger partial charge in [-0.2, -0.15) is 13.2 Å². The van der Waals surface area contributed by atoms with Crippen molar-refractivity contribution in [1.82, 2.24) is 15.1 Å². The predicted molar refractivity (Wildman–Crippen MR) is 132 cm³/mol. The van der Waals surface area contributed by atoms with Crippen LogP contribution in [0.15, 0.2) is 24.3 Å². The van der Waals surface area contributed by atoms with Crippen molar-refractivity contribution < 1.29 is 27.8 Å². The number of aliphatic carboxylic acids is 1. The van der Waals surface area contributed by atoms with E-state index in [9.17, 15) is 13.2 Å². The van der Waals surface area contributed by atoms with Gasteiger partial charge >= 0.3 is 12.1 Å². The van der Waals surface area contributed by atoms with E-state index in [1.54, 1.807) is 0 Å². The van der Waals surface area contributed by atoms with Gasteiger partial charge in [0.25, 0.3) is 0 Å². The molecular formula is C26H42F3N3O3. The lowest BCUT2D eigenvalue weighted by molar-refractivity contribution is -0.192. The third kappa shape index (κ3) is 12.6. The van der Waals surface area contributed by atoms with Crippen LogP contribution in [0.3, 0.4) is 0 Å². The zero-order chi connectivity index (χ0) is 25.5. The van der Waals surface area contributed by atoms with E-state index >= 15 is 0 Å². The summed E-state index contributed by atoms with van der Waals surface area (Å²) in [4.78, 5) is 14.0. The molecule has 2 N–H and O–H groups in total. The first-order chi connectivity index (χ1) is 16.8. The van der Waals surface area contributed by atoms with Crippen LogP contribution in [0.2, 0.25) is 0 Å². The van der Waals surface area contributed by atoms with Gasteiger partial charge in [0.15, 0.2) is 0 Å². The Balaban J connectivity index is 0.000000540. The largest absolute Gasteiger partial charge is 0.492 e. The number of carbonyl (C=O) groups is 1. The molecule has 2 saturated heterocycles. The second kappa shape index (κ2) is 16.0. The molecule has 6 nitrogen and oxygen atoms in total. The zero-order valence-electron chi connectivity index (χ0n) is 21.0. The van der Waals surface area contributed by atoms with E-state index in [1.165, 1.54) is 89.7 Å². The normalized spacial score (nSPS) is 17.7. The fourth-order valence-electron chi connectivity index (χ4n) is 4.39. The number of rotatable bonds is 12. The Labute approximate surface area is 207 Å². The SMILES string of the molecule is CCCCCCN1CCC(NCc2ccc(OCCN3CCCC3)cc2)CC1.O=C(O)C(F)(F)F. The van der Waals surface area contributed by atoms with Crippen molar-refractivity contribution in [3.63, 3.8) is 0 Å². The number of likely N-dealkylation sites (tertiary alicyclic amines) is 2. The fourth-order valence-corrected chi connectivity index (χ4v) is 4.39. The summed E-state index contributed by atoms with van der Waals surface area (Å²) in [6, 6.07) is 9.34. The number of alkyl halides is 3. The Morgan fingerprint density at radius 3 is 2.17 bits per heavy atom. The fraction of sp³-hybridized carbons (Fsp3) is 0.731. The molecule has 0 amide bonds. The highest BCUT2D eigenvalue weighted by Crippen LogP contribution is 2.16. The van der Waals surface area contributed by atoms with E-state index < -0.39 is 12.1 Å². The van der Waals surface area contributed by atoms with Crippen LogP contribution in [0.4, 0.5) is 13.2 Å². The third-order valence-electron chi connectivity index (χ3n) is 6.55. The zero-order valence-corrected chi connectivity index (χ0v) is 21.0. The van der Waals surface area contributed by atoms with Gasteiger partial charge in [-0.15, -0.1) is 0 Å². The molecule has 200 valence electrons. The summed E-state index contributed by atoms with van der Waals surface area (Å²) in [7, 11) is 0. The minimum Gasteiger partial charge on any atom is -0.492 e. The highest BCUT2D eigenvalue weighted by molar-refractivity contribution is 5.73. The molecule has 0 atom stereocenters. The molecule has 0 bridgehead atoms. The minimum atomic E-state index is -5.08. The maximum absolute atomic E-state index is 10.6. The molecule has 0 radical (unpaired) electrons. The predicted octanol–water partition coefficient (Wildman–Crippen LogP) is 4.93. The number of hydrogen-bond donors (Lipinski definition) is 2. The maximum atomic E-state index is 10.6. The molecule has 0 aliphatic carbocycles. The van der Waals surface area contributed by atoms with E-state index in [0.717, 1.165) is 25.4 Å². The molecule has 2 aliphatic heterocycles. The van der Waals surface area contributed by atoms with Gasteiger partial charge in [0, 0.05) is 19.1 Å². The van der Waals surface area contributed by atoms with Crippen molar-refractivity contribution in [2.45, 2.75) is 77.1 Å². The van der Waals surface area contributed by atoms with E-state index in [1.807, 2.05) is 0 Å². The van der Waals surface area contributed by atoms with Gasteiger partial charge in [-0.1, -0.05) is 38.3 Å². The minimum absolute atomic E-state index is 0.670. The molecule has 3 rings (SSSR count). The van der Waals surface area contributed by atoms with Crippen molar-refractivity contribution in [1.29, 1.82) is 0 Å². The molecule has 0 spiro atoms. The van der Waals surface area contributed by atoms with Gasteiger partial charge < -0.3 is 20.1 Å². The Hall–Kier alpha value is -1.84. The molecule has 2 fully saturated rings. The van der Waals surface area contributed by atoms with Crippen LogP contribution in [0.25, 0.3) is 0 Å². The molecule has 1 aromatic carbocycles. The molecule has 1 aromatic rings. The van der Waals surface area contributed by atoms with Gasteiger partial charge in [0.05, 0.1) is 0 Å². The van der Waals surface area contributed by atoms with Crippen LogP contribution in [0.5, 0.6) is 5.75 Å². The van der Waals surface area contributed by atoms with Crippen molar-refractivity contribution in [3.8, 4) is 5.75 Å². The molecule has 2 heterocycles. The number of hydrogen-bond acceptors (Lipinski definition) is 5. The number of carboxylic acid groups (broad SMARTS) is 1. The first kappa shape index (κ1) is 29.4. The summed E-state index contributed by atoms with van der Waals surface area (Å²) in [6.07, 6.45) is 5.67. The van der Waals surface area contributed by atoms with Gasteiger partial charge in [-0.25, -0.2) is 4.79 Å². The number of ether oxygens (including phenoxy) is 1. The van der Waals surface area contributed by atoms with Crippen LogP contribution in [0, 0.1) is 0 Å². The van der Waals surface area contributed by atoms with Crippen LogP contribution >= 0.6 is 0 Å². The lowest BCUT2D eigenvalue weighted by atomic mass is 10.0. The first-order valence-corrected chi connectivity index (χ1v) is 13.0. The number of unbranched alkanes of at least 4 members (excludes halogenated alkanes) is 3. The third-order valence-corrected chi connectivity index (χ3v) is 6.55. The molecule has 0 saturated carbocycles. The van der Waals surface area contributed by atoms with Gasteiger partial charge in [-0.3, -0.25) is 4.90 Å². The summed E-state index contributed by atoms with van der Waals surface area (Å²) in [6.45, 7) is 11.4. The molecular weight excluding hydrogens is 459 g/mol. The summed E-state index contributed by atoms with van der Waals surface area (Å²) >= 11 is 0. The van der Waals surface area contributed by atoms with Crippen molar-refractivity contribution in [3.05, 3.63) is 29.8 Å². The van der Waals surface area contributed by atoms with Gasteiger partial charge in [-0.05, 0) is 82.5 Å². The summed E-state index contributed by atoms with van der Waals surface area (Å²) < 4.78 is 37.6. The van der Waals surface area contributed by atoms with Gasteiger partial charge in [0.1, 0.15) is 12.4 Å². The van der Waals surface area contributed by atoms with Crippen LogP contribution in [-0.2, 0) is 11.3 Å². The molecule has 9 heteroatoms. The second-order valence-corrected chi connectivity index (χ2v) is 9.40. The number of nitrogens with zero attached hydrogens (tertiary/aromatic N) is 2. The van der Waals surface area contributed by atoms with Gasteiger partial charge in [0.2, 0.25) is 0 Å². The first-order valence-electron chi connectivity index (χ1n) is 13.0. The van der Waals surface area contributed by atoms with E-state index in [0.29, 0.717) is 6.04 Å². The lowest BCUT2D eigenvalue weighted by Gasteiger charge is -2.32. The highest BCUT2D eigenvalue weighted by Gasteiger charge is 2.38. The van der Waals surface area contributed by atoms with Crippen molar-refractivity contribution in [2.24, 2.45) is 0 Å². The molecule has 35 heavy (non-hydrogen) atoms. The smallest absolute Gasteiger partial charge is 0.490 e. The second-order valence-electron chi connectivity index (χ2n) is 9.40. The Bertz CT molecular complexity index is 702. The summed E-state index contributed by atoms with van der Waals surface area (Å²) in [5.74, 6) is -1.76. The quantitative estimate of drug-likeness (QED) is 0.396. The summed E-state index contributed by atoms with van der Waals surface area (Å²) in [5.41, 5.74) is 1.36. The monoisotopic (exact) mass is 501 g/mol. The number of benzene rings is 1. The number of nitrogens with one attached hydrogen (secondary N) is 1. The molecule has 0 aromatic heterocycles. The van der Waals surface area contributed by atoms with Crippen LogP contribution in [0.1, 0.15) is 63.9 Å². The molecule has 0 unspecified atom stereocenters. The number of carboxylic acids is 1. The maximum Gasteiger partial charge on any atom is 0.490 e. The Kier molecular flexibility index (Phi) is 13.4. The molecule has 2 aliphatic rings. The summed E-state index contributed by atoms with van der Waals surface area (Å²) in [5, 5.41) is 10.9. The van der Waals surface area contributed by atoms with E-state index in [2.05, 4.69) is 46.3 Å². The average molecular weight is 502 g/mol. The average Bonchev–Trinajstić information content (AvgIpc) is 3.35. The van der Waals surface area contributed by atoms with Crippen molar-refractivity contribution >= 4 is 5.97 Å². The number of halogens is 3. The van der Waals surface area contributed by atoms with Crippen LogP contribution < -0.4 is 10.1 Å². The van der Waals surface area contributed by atoms with Crippen LogP contribution in [-0.4, -0.2) is 79.0 Å². The highest BCUT2D eigenvalue weighted by atomic mass is 19.4. The van der Waals surface area contributed by atoms with E-state index in [-0.39, 0.29) is 0 Å². The number of piperidine rings is 1. The Morgan fingerprint density at radius 2 is 1.60 bits per heavy atom. The lowest BCUT2D eigenvalue weighted by Crippen LogP contribution is -2.42.